The van der Waals surface area contributed by atoms with Crippen LogP contribution in [0.4, 0.5) is 4.39 Å². The Morgan fingerprint density at radius 3 is 2.44 bits per heavy atom. The lowest BCUT2D eigenvalue weighted by Gasteiger charge is -2.20. The van der Waals surface area contributed by atoms with Crippen molar-refractivity contribution in [3.05, 3.63) is 35.4 Å². The molecule has 2 N–H and O–H groups in total. The zero-order valence-corrected chi connectivity index (χ0v) is 10.5. The number of ether oxygens (including phenoxy) is 1. The predicted molar refractivity (Wildman–Crippen MR) is 67.4 cm³/mol. The van der Waals surface area contributed by atoms with Crippen molar-refractivity contribution in [1.29, 1.82) is 0 Å². The van der Waals surface area contributed by atoms with Crippen LogP contribution in [0.25, 0.3) is 0 Å². The molecule has 0 aliphatic rings. The molecule has 1 aromatic rings. The summed E-state index contributed by atoms with van der Waals surface area (Å²) in [4.78, 5) is 0. The first-order chi connectivity index (χ1) is 7.72. The van der Waals surface area contributed by atoms with Gasteiger partial charge in [-0.15, -0.1) is 0 Å². The molecule has 90 valence electrons. The summed E-state index contributed by atoms with van der Waals surface area (Å²) in [5.41, 5.74) is 7.83. The van der Waals surface area contributed by atoms with E-state index in [4.69, 9.17) is 10.5 Å². The van der Waals surface area contributed by atoms with Gasteiger partial charge in [0.2, 0.25) is 0 Å². The summed E-state index contributed by atoms with van der Waals surface area (Å²) in [6.45, 7) is -0.578. The summed E-state index contributed by atoms with van der Waals surface area (Å²) in [5, 5.41) is 0. The Hall–Kier alpha value is -0.580. The highest BCUT2D eigenvalue weighted by Gasteiger charge is 2.18. The molecule has 4 heteroatoms. The van der Waals surface area contributed by atoms with Crippen molar-refractivity contribution in [2.75, 3.05) is 20.0 Å². The smallest absolute Gasteiger partial charge is 0.107 e. The highest BCUT2D eigenvalue weighted by Crippen LogP contribution is 2.21. The summed E-state index contributed by atoms with van der Waals surface area (Å²) in [7, 11) is 1.55. The van der Waals surface area contributed by atoms with Gasteiger partial charge in [0.1, 0.15) is 6.67 Å². The van der Waals surface area contributed by atoms with Crippen molar-refractivity contribution >= 4 is 11.8 Å². The predicted octanol–water partition coefficient (Wildman–Crippen LogP) is 2.53. The van der Waals surface area contributed by atoms with E-state index in [-0.39, 0.29) is 6.10 Å². The van der Waals surface area contributed by atoms with Gasteiger partial charge >= 0.3 is 0 Å². The normalized spacial score (nSPS) is 14.8. The minimum atomic E-state index is -0.601. The molecule has 0 fully saturated rings. The van der Waals surface area contributed by atoms with E-state index in [0.29, 0.717) is 0 Å². The van der Waals surface area contributed by atoms with Gasteiger partial charge in [0.25, 0.3) is 0 Å². The fraction of sp³-hybridized carbons (Fsp3) is 0.500. The van der Waals surface area contributed by atoms with Crippen LogP contribution in [0.2, 0.25) is 0 Å². The Bertz CT molecular complexity index is 304. The van der Waals surface area contributed by atoms with E-state index in [9.17, 15) is 4.39 Å². The van der Waals surface area contributed by atoms with Crippen LogP contribution in [0.3, 0.4) is 0 Å². The molecule has 0 amide bonds. The van der Waals surface area contributed by atoms with Crippen LogP contribution in [-0.2, 0) is 10.5 Å². The third-order valence-corrected chi connectivity index (χ3v) is 3.06. The van der Waals surface area contributed by atoms with Gasteiger partial charge in [-0.05, 0) is 17.4 Å². The number of thioether (sulfide) groups is 1. The molecule has 0 radical (unpaired) electrons. The molecule has 1 aromatic carbocycles. The summed E-state index contributed by atoms with van der Waals surface area (Å²) in [6.07, 6.45) is 1.69. The van der Waals surface area contributed by atoms with Crippen LogP contribution in [0.15, 0.2) is 24.3 Å². The zero-order valence-electron chi connectivity index (χ0n) is 9.65. The Balaban J connectivity index is 2.78. The van der Waals surface area contributed by atoms with E-state index in [1.807, 2.05) is 24.3 Å². The first kappa shape index (κ1) is 13.5. The molecule has 2 nitrogen and oxygen atoms in total. The molecule has 2 atom stereocenters. The number of halogens is 1. The fourth-order valence-electron chi connectivity index (χ4n) is 1.61. The molecule has 2 unspecified atom stereocenters. The minimum absolute atomic E-state index is 0.367. The monoisotopic (exact) mass is 243 g/mol. The van der Waals surface area contributed by atoms with E-state index in [1.165, 1.54) is 5.56 Å². The van der Waals surface area contributed by atoms with Crippen molar-refractivity contribution < 1.29 is 9.13 Å². The summed E-state index contributed by atoms with van der Waals surface area (Å²) < 4.78 is 17.7. The van der Waals surface area contributed by atoms with Crippen LogP contribution in [0, 0.1) is 0 Å². The van der Waals surface area contributed by atoms with Gasteiger partial charge in [-0.2, -0.15) is 11.8 Å². The zero-order chi connectivity index (χ0) is 12.0. The molecule has 0 saturated heterocycles. The number of rotatable bonds is 6. The summed E-state index contributed by atoms with van der Waals surface area (Å²) in [5.74, 6) is 0.979. The highest BCUT2D eigenvalue weighted by atomic mass is 32.2. The Morgan fingerprint density at radius 1 is 1.38 bits per heavy atom. The second-order valence-corrected chi connectivity index (χ2v) is 4.52. The topological polar surface area (TPSA) is 35.2 Å². The maximum Gasteiger partial charge on any atom is 0.107 e. The van der Waals surface area contributed by atoms with Crippen molar-refractivity contribution in [3.8, 4) is 0 Å². The summed E-state index contributed by atoms with van der Waals surface area (Å²) in [6, 6.07) is 7.37. The molecule has 0 spiro atoms. The van der Waals surface area contributed by atoms with Crippen LogP contribution >= 0.6 is 11.8 Å². The number of hydrogen-bond acceptors (Lipinski definition) is 3. The Morgan fingerprint density at radius 2 is 2.00 bits per heavy atom. The van der Waals surface area contributed by atoms with E-state index >= 15 is 0 Å². The average Bonchev–Trinajstić information content (AvgIpc) is 2.32. The molecule has 0 heterocycles. The van der Waals surface area contributed by atoms with Gasteiger partial charge in [0, 0.05) is 12.9 Å². The standard InChI is InChI=1S/C12H18FNOS/c1-15-12(11(14)7-13)10-5-3-9(4-6-10)8-16-2/h3-6,11-12H,7-8,14H2,1-2H3. The third-order valence-electron chi connectivity index (χ3n) is 2.44. The lowest BCUT2D eigenvalue weighted by atomic mass is 10.0. The number of alkyl halides is 1. The van der Waals surface area contributed by atoms with Gasteiger partial charge < -0.3 is 10.5 Å². The second-order valence-electron chi connectivity index (χ2n) is 3.65. The second kappa shape index (κ2) is 6.89. The highest BCUT2D eigenvalue weighted by molar-refractivity contribution is 7.97. The average molecular weight is 243 g/mol. The van der Waals surface area contributed by atoms with Crippen molar-refractivity contribution in [1.82, 2.24) is 0 Å². The molecule has 0 bridgehead atoms. The van der Waals surface area contributed by atoms with E-state index in [0.717, 1.165) is 11.3 Å². The molecular formula is C12H18FNOS. The SMILES string of the molecule is COC(c1ccc(CSC)cc1)C(N)CF. The van der Waals surface area contributed by atoms with Gasteiger partial charge in [0.05, 0.1) is 12.1 Å². The molecule has 16 heavy (non-hydrogen) atoms. The molecular weight excluding hydrogens is 225 g/mol. The Kier molecular flexibility index (Phi) is 5.80. The largest absolute Gasteiger partial charge is 0.375 e. The maximum absolute atomic E-state index is 12.5. The van der Waals surface area contributed by atoms with Crippen LogP contribution in [0.5, 0.6) is 0 Å². The van der Waals surface area contributed by atoms with Crippen molar-refractivity contribution in [3.63, 3.8) is 0 Å². The van der Waals surface area contributed by atoms with E-state index in [2.05, 4.69) is 6.26 Å². The summed E-state index contributed by atoms with van der Waals surface area (Å²) >= 11 is 1.77. The third kappa shape index (κ3) is 3.47. The van der Waals surface area contributed by atoms with Crippen molar-refractivity contribution in [2.45, 2.75) is 17.9 Å². The minimum Gasteiger partial charge on any atom is -0.375 e. The Labute approximate surface area is 100 Å². The molecule has 0 saturated carbocycles. The van der Waals surface area contributed by atoms with Crippen LogP contribution in [0.1, 0.15) is 17.2 Å². The van der Waals surface area contributed by atoms with Gasteiger partial charge in [-0.25, -0.2) is 4.39 Å². The number of benzene rings is 1. The number of methoxy groups -OCH3 is 1. The first-order valence-electron chi connectivity index (χ1n) is 5.15. The lowest BCUT2D eigenvalue weighted by Crippen LogP contribution is -2.31. The lowest BCUT2D eigenvalue weighted by molar-refractivity contribution is 0.0721. The van der Waals surface area contributed by atoms with E-state index < -0.39 is 12.7 Å². The fourth-order valence-corrected chi connectivity index (χ4v) is 2.13. The number of nitrogens with two attached hydrogens (primary N) is 1. The molecule has 0 aromatic heterocycles. The van der Waals surface area contributed by atoms with Crippen molar-refractivity contribution in [2.24, 2.45) is 5.73 Å². The maximum atomic E-state index is 12.5. The number of hydrogen-bond donors (Lipinski definition) is 1. The van der Waals surface area contributed by atoms with Gasteiger partial charge in [-0.1, -0.05) is 24.3 Å². The van der Waals surface area contributed by atoms with E-state index in [1.54, 1.807) is 18.9 Å². The quantitative estimate of drug-likeness (QED) is 0.834. The molecule has 1 rings (SSSR count). The first-order valence-corrected chi connectivity index (χ1v) is 6.54. The molecule has 0 aliphatic carbocycles. The van der Waals surface area contributed by atoms with Crippen LogP contribution < -0.4 is 5.73 Å². The molecule has 0 aliphatic heterocycles. The van der Waals surface area contributed by atoms with Gasteiger partial charge in [-0.3, -0.25) is 0 Å². The van der Waals surface area contributed by atoms with Gasteiger partial charge in [0.15, 0.2) is 0 Å². The van der Waals surface area contributed by atoms with Crippen LogP contribution in [-0.4, -0.2) is 26.1 Å².